The number of nitrogens with zero attached hydrogens (tertiary/aromatic N) is 3. The molecule has 0 aliphatic heterocycles. The fourth-order valence-corrected chi connectivity index (χ4v) is 3.54. The van der Waals surface area contributed by atoms with Crippen LogP contribution in [-0.4, -0.2) is 26.9 Å². The third-order valence-electron chi connectivity index (χ3n) is 5.02. The molecule has 1 unspecified atom stereocenters. The summed E-state index contributed by atoms with van der Waals surface area (Å²) in [7, 11) is 0. The first-order chi connectivity index (χ1) is 13.8. The molecule has 0 aliphatic rings. The average Bonchev–Trinajstić information content (AvgIpc) is 2.71. The lowest BCUT2D eigenvalue weighted by atomic mass is 9.93. The van der Waals surface area contributed by atoms with Gasteiger partial charge in [-0.15, -0.1) is 0 Å². The van der Waals surface area contributed by atoms with Crippen LogP contribution in [-0.2, 0) is 4.79 Å². The summed E-state index contributed by atoms with van der Waals surface area (Å²) in [5.41, 5.74) is 0.754. The Labute approximate surface area is 172 Å². The minimum atomic E-state index is -0.516. The van der Waals surface area contributed by atoms with Crippen LogP contribution in [0.3, 0.4) is 0 Å². The van der Waals surface area contributed by atoms with E-state index in [1.54, 1.807) is 10.6 Å². The van der Waals surface area contributed by atoms with Gasteiger partial charge < -0.3 is 4.90 Å². The van der Waals surface area contributed by atoms with Crippen LogP contribution < -0.4 is 5.56 Å². The molecule has 1 heterocycles. The van der Waals surface area contributed by atoms with Crippen LogP contribution in [0.4, 0.5) is 0 Å². The molecule has 0 N–H and O–H groups in total. The molecule has 1 aromatic heterocycles. The molecule has 2 aromatic carbocycles. The van der Waals surface area contributed by atoms with Gasteiger partial charge in [-0.2, -0.15) is 0 Å². The van der Waals surface area contributed by atoms with Crippen molar-refractivity contribution in [2.24, 2.45) is 5.41 Å². The van der Waals surface area contributed by atoms with Gasteiger partial charge in [0.15, 0.2) is 0 Å². The van der Waals surface area contributed by atoms with Gasteiger partial charge in [0.1, 0.15) is 5.82 Å². The van der Waals surface area contributed by atoms with E-state index in [0.29, 0.717) is 23.3 Å². The molecule has 5 heteroatoms. The second kappa shape index (κ2) is 8.19. The smallest absolute Gasteiger partial charge is 0.266 e. The topological polar surface area (TPSA) is 55.2 Å². The van der Waals surface area contributed by atoms with Crippen LogP contribution in [0.5, 0.6) is 0 Å². The van der Waals surface area contributed by atoms with Gasteiger partial charge in [0.05, 0.1) is 22.6 Å². The van der Waals surface area contributed by atoms with Crippen LogP contribution in [0.15, 0.2) is 59.4 Å². The van der Waals surface area contributed by atoms with Crippen LogP contribution in [0.2, 0.25) is 0 Å². The zero-order valence-electron chi connectivity index (χ0n) is 17.8. The van der Waals surface area contributed by atoms with Gasteiger partial charge in [0, 0.05) is 12.0 Å². The van der Waals surface area contributed by atoms with E-state index in [4.69, 9.17) is 4.98 Å². The molecule has 152 valence electrons. The molecular weight excluding hydrogens is 362 g/mol. The third kappa shape index (κ3) is 4.09. The molecule has 0 saturated carbocycles. The maximum absolute atomic E-state index is 13.4. The normalized spacial score (nSPS) is 12.7. The van der Waals surface area contributed by atoms with Crippen molar-refractivity contribution >= 4 is 16.8 Å². The molecule has 1 amide bonds. The number of carbonyl (C=O) groups excluding carboxylic acids is 1. The van der Waals surface area contributed by atoms with E-state index in [-0.39, 0.29) is 17.5 Å². The number of amides is 1. The van der Waals surface area contributed by atoms with E-state index >= 15 is 0 Å². The molecule has 0 aliphatic carbocycles. The largest absolute Gasteiger partial charge is 0.332 e. The number of fused-ring (bicyclic) bond motifs is 1. The number of rotatable bonds is 5. The van der Waals surface area contributed by atoms with Crippen molar-refractivity contribution in [1.82, 2.24) is 14.5 Å². The van der Waals surface area contributed by atoms with E-state index in [1.165, 1.54) is 0 Å². The third-order valence-corrected chi connectivity index (χ3v) is 5.02. The average molecular weight is 392 g/mol. The highest BCUT2D eigenvalue weighted by Crippen LogP contribution is 2.27. The van der Waals surface area contributed by atoms with Crippen molar-refractivity contribution in [3.63, 3.8) is 0 Å². The van der Waals surface area contributed by atoms with Crippen molar-refractivity contribution in [3.8, 4) is 5.69 Å². The van der Waals surface area contributed by atoms with E-state index < -0.39 is 5.41 Å². The molecule has 3 rings (SSSR count). The summed E-state index contributed by atoms with van der Waals surface area (Å²) in [5, 5.41) is 0.566. The number of hydrogen-bond donors (Lipinski definition) is 0. The van der Waals surface area contributed by atoms with Crippen LogP contribution >= 0.6 is 0 Å². The van der Waals surface area contributed by atoms with Crippen molar-refractivity contribution in [2.75, 3.05) is 6.54 Å². The molecule has 1 atom stereocenters. The minimum Gasteiger partial charge on any atom is -0.332 e. The summed E-state index contributed by atoms with van der Waals surface area (Å²) in [6.07, 6.45) is 0.829. The number of hydrogen-bond acceptors (Lipinski definition) is 3. The summed E-state index contributed by atoms with van der Waals surface area (Å²) in [5.74, 6) is 0.625. The highest BCUT2D eigenvalue weighted by Gasteiger charge is 2.32. The maximum Gasteiger partial charge on any atom is 0.266 e. The number of carbonyl (C=O) groups is 1. The van der Waals surface area contributed by atoms with Crippen molar-refractivity contribution in [2.45, 2.75) is 47.1 Å². The second-order valence-electron chi connectivity index (χ2n) is 8.39. The van der Waals surface area contributed by atoms with Crippen LogP contribution in [0, 0.1) is 5.41 Å². The Morgan fingerprint density at radius 1 is 1.07 bits per heavy atom. The Hall–Kier alpha value is -2.95. The predicted octanol–water partition coefficient (Wildman–Crippen LogP) is 4.73. The fraction of sp³-hybridized carbons (Fsp3) is 0.375. The van der Waals surface area contributed by atoms with Gasteiger partial charge in [0.25, 0.3) is 5.56 Å². The van der Waals surface area contributed by atoms with Gasteiger partial charge in [-0.3, -0.25) is 14.2 Å². The first kappa shape index (κ1) is 20.8. The predicted molar refractivity (Wildman–Crippen MR) is 117 cm³/mol. The van der Waals surface area contributed by atoms with E-state index in [2.05, 4.69) is 0 Å². The van der Waals surface area contributed by atoms with Crippen molar-refractivity contribution in [1.29, 1.82) is 0 Å². The first-order valence-electron chi connectivity index (χ1n) is 10.1. The van der Waals surface area contributed by atoms with E-state index in [0.717, 1.165) is 12.1 Å². The van der Waals surface area contributed by atoms with Gasteiger partial charge in [-0.05, 0) is 37.6 Å². The SMILES string of the molecule is CCCN(C(=O)C(C)(C)C)C(C)c1nc2ccccc2c(=O)n1-c1ccccc1. The molecule has 0 fully saturated rings. The number of benzene rings is 2. The van der Waals surface area contributed by atoms with E-state index in [1.807, 2.05) is 88.0 Å². The first-order valence-corrected chi connectivity index (χ1v) is 10.1. The number of aromatic nitrogens is 2. The van der Waals surface area contributed by atoms with Crippen molar-refractivity contribution < 1.29 is 4.79 Å². The monoisotopic (exact) mass is 391 g/mol. The lowest BCUT2D eigenvalue weighted by molar-refractivity contribution is -0.142. The summed E-state index contributed by atoms with van der Waals surface area (Å²) in [4.78, 5) is 33.3. The lowest BCUT2D eigenvalue weighted by Gasteiger charge is -2.34. The zero-order valence-corrected chi connectivity index (χ0v) is 17.8. The fourth-order valence-electron chi connectivity index (χ4n) is 3.54. The highest BCUT2D eigenvalue weighted by atomic mass is 16.2. The Morgan fingerprint density at radius 2 is 1.69 bits per heavy atom. The van der Waals surface area contributed by atoms with Gasteiger partial charge in [-0.25, -0.2) is 4.98 Å². The summed E-state index contributed by atoms with van der Waals surface area (Å²) < 4.78 is 1.64. The van der Waals surface area contributed by atoms with Crippen LogP contribution in [0.1, 0.15) is 52.9 Å². The highest BCUT2D eigenvalue weighted by molar-refractivity contribution is 5.82. The molecule has 5 nitrogen and oxygen atoms in total. The van der Waals surface area contributed by atoms with E-state index in [9.17, 15) is 9.59 Å². The van der Waals surface area contributed by atoms with Crippen LogP contribution in [0.25, 0.3) is 16.6 Å². The quantitative estimate of drug-likeness (QED) is 0.632. The van der Waals surface area contributed by atoms with Gasteiger partial charge in [0.2, 0.25) is 5.91 Å². The molecule has 0 radical (unpaired) electrons. The standard InChI is InChI=1S/C24H29N3O2/c1-6-16-26(23(29)24(3,4)5)17(2)21-25-20-15-11-10-14-19(20)22(28)27(21)18-12-8-7-9-13-18/h7-15,17H,6,16H2,1-5H3. The Balaban J connectivity index is 2.26. The zero-order chi connectivity index (χ0) is 21.2. The summed E-state index contributed by atoms with van der Waals surface area (Å²) in [6.45, 7) is 10.4. The molecular formula is C24H29N3O2. The Morgan fingerprint density at radius 3 is 2.31 bits per heavy atom. The van der Waals surface area contributed by atoms with Crippen molar-refractivity contribution in [3.05, 3.63) is 70.8 Å². The lowest BCUT2D eigenvalue weighted by Crippen LogP contribution is -2.43. The molecule has 29 heavy (non-hydrogen) atoms. The molecule has 0 spiro atoms. The minimum absolute atomic E-state index is 0.0499. The summed E-state index contributed by atoms with van der Waals surface area (Å²) >= 11 is 0. The van der Waals surface area contributed by atoms with Gasteiger partial charge in [-0.1, -0.05) is 58.0 Å². The molecule has 3 aromatic rings. The summed E-state index contributed by atoms with van der Waals surface area (Å²) in [6, 6.07) is 16.5. The van der Waals surface area contributed by atoms with Gasteiger partial charge >= 0.3 is 0 Å². The maximum atomic E-state index is 13.4. The molecule has 0 saturated heterocycles. The Bertz CT molecular complexity index is 1060. The molecule has 0 bridgehead atoms. The number of para-hydroxylation sites is 2. The second-order valence-corrected chi connectivity index (χ2v) is 8.39. The Kier molecular flexibility index (Phi) is 5.87.